The summed E-state index contributed by atoms with van der Waals surface area (Å²) in [7, 11) is 1.78. The number of amides is 1. The van der Waals surface area contributed by atoms with Crippen LogP contribution in [0.15, 0.2) is 89.9 Å². The number of aliphatic imine (C=N–C) groups is 1. The Balaban J connectivity index is 0.000000709. The van der Waals surface area contributed by atoms with Crippen LogP contribution in [0, 0.1) is 0 Å². The number of benzodiazepines with no additional fused rings is 1. The van der Waals surface area contributed by atoms with Crippen molar-refractivity contribution in [3.63, 3.8) is 0 Å². The maximum atomic E-state index is 13.4. The number of likely N-dealkylation sites (N-methyl/N-ethyl adjacent to an activating group) is 1. The minimum Gasteiger partial charge on any atom is -0.508 e. The largest absolute Gasteiger partial charge is 0.508 e. The molecule has 0 aliphatic carbocycles. The molecule has 6 nitrogen and oxygen atoms in total. The van der Waals surface area contributed by atoms with Gasteiger partial charge in [0, 0.05) is 36.5 Å². The smallest absolute Gasteiger partial charge is 0.300 e. The first-order valence-electron chi connectivity index (χ1n) is 11.3. The molecule has 0 bridgehead atoms. The predicted molar refractivity (Wildman–Crippen MR) is 143 cm³/mol. The molecule has 1 amide bonds. The van der Waals surface area contributed by atoms with Crippen molar-refractivity contribution in [2.45, 2.75) is 19.4 Å². The van der Waals surface area contributed by atoms with Gasteiger partial charge in [-0.3, -0.25) is 14.6 Å². The zero-order valence-electron chi connectivity index (χ0n) is 19.9. The lowest BCUT2D eigenvalue weighted by Gasteiger charge is -2.20. The van der Waals surface area contributed by atoms with Gasteiger partial charge >= 0.3 is 0 Å². The van der Waals surface area contributed by atoms with Gasteiger partial charge in [-0.2, -0.15) is 0 Å². The number of carboxylic acid groups (broad SMARTS) is 1. The van der Waals surface area contributed by atoms with Gasteiger partial charge in [0.2, 0.25) is 0 Å². The number of phenols is 1. The SMILES string of the molecule is CC(=O)O.CN1C(=O)C(Cc2ccc3ccccc3c2)N=C(c2ccc(O)cc2)c2cc(Cl)ccc21. The molecule has 36 heavy (non-hydrogen) atoms. The second-order valence-corrected chi connectivity index (χ2v) is 8.94. The van der Waals surface area contributed by atoms with E-state index in [4.69, 9.17) is 26.5 Å². The molecule has 7 heteroatoms. The highest BCUT2D eigenvalue weighted by atomic mass is 35.5. The number of carbonyl (C=O) groups excluding carboxylic acids is 1. The van der Waals surface area contributed by atoms with Crippen LogP contribution in [0.5, 0.6) is 5.75 Å². The topological polar surface area (TPSA) is 90.2 Å². The molecule has 1 aliphatic rings. The van der Waals surface area contributed by atoms with Gasteiger partial charge < -0.3 is 15.1 Å². The standard InChI is InChI=1S/C27H21ClN2O2.C2H4O2/c1-30-25-13-10-21(28)16-23(25)26(19-8-11-22(31)12-9-19)29-24(27(30)32)15-17-6-7-18-4-2-3-5-20(18)14-17;1-2(3)4/h2-14,16,24,31H,15H2,1H3;1H3,(H,3,4). The number of aromatic hydroxyl groups is 1. The minimum absolute atomic E-state index is 0.0736. The highest BCUT2D eigenvalue weighted by Crippen LogP contribution is 2.31. The van der Waals surface area contributed by atoms with Crippen LogP contribution in [0.4, 0.5) is 5.69 Å². The second-order valence-electron chi connectivity index (χ2n) is 8.50. The summed E-state index contributed by atoms with van der Waals surface area (Å²) in [4.78, 5) is 29.0. The van der Waals surface area contributed by atoms with Gasteiger partial charge in [0.1, 0.15) is 11.8 Å². The molecular weight excluding hydrogens is 476 g/mol. The van der Waals surface area contributed by atoms with E-state index in [1.165, 1.54) is 0 Å². The number of benzene rings is 4. The number of halogens is 1. The number of anilines is 1. The van der Waals surface area contributed by atoms with Crippen LogP contribution >= 0.6 is 11.6 Å². The summed E-state index contributed by atoms with van der Waals surface area (Å²) in [5.74, 6) is -0.731. The first-order valence-corrected chi connectivity index (χ1v) is 11.7. The summed E-state index contributed by atoms with van der Waals surface area (Å²) in [5, 5.41) is 20.0. The number of carboxylic acids is 1. The zero-order chi connectivity index (χ0) is 25.8. The second kappa shape index (κ2) is 10.6. The highest BCUT2D eigenvalue weighted by Gasteiger charge is 2.30. The molecule has 1 aliphatic heterocycles. The third kappa shape index (κ3) is 5.56. The van der Waals surface area contributed by atoms with Crippen molar-refractivity contribution < 1.29 is 19.8 Å². The highest BCUT2D eigenvalue weighted by molar-refractivity contribution is 6.32. The lowest BCUT2D eigenvalue weighted by atomic mass is 9.99. The van der Waals surface area contributed by atoms with E-state index < -0.39 is 12.0 Å². The summed E-state index contributed by atoms with van der Waals surface area (Å²) in [6.45, 7) is 1.08. The van der Waals surface area contributed by atoms with Crippen molar-refractivity contribution in [2.75, 3.05) is 11.9 Å². The molecule has 0 fully saturated rings. The normalized spacial score (nSPS) is 14.9. The van der Waals surface area contributed by atoms with Gasteiger partial charge in [-0.25, -0.2) is 0 Å². The Morgan fingerprint density at radius 2 is 1.64 bits per heavy atom. The summed E-state index contributed by atoms with van der Waals surface area (Å²) in [6.07, 6.45) is 0.483. The summed E-state index contributed by atoms with van der Waals surface area (Å²) in [6, 6.07) is 26.2. The Morgan fingerprint density at radius 3 is 2.33 bits per heavy atom. The van der Waals surface area contributed by atoms with Crippen LogP contribution in [0.25, 0.3) is 10.8 Å². The van der Waals surface area contributed by atoms with Crippen molar-refractivity contribution in [2.24, 2.45) is 4.99 Å². The van der Waals surface area contributed by atoms with E-state index in [1.807, 2.05) is 36.4 Å². The number of aliphatic carboxylic acids is 1. The average molecular weight is 501 g/mol. The molecule has 0 saturated carbocycles. The minimum atomic E-state index is -0.833. The van der Waals surface area contributed by atoms with Crippen molar-refractivity contribution in [1.82, 2.24) is 0 Å². The van der Waals surface area contributed by atoms with Crippen LogP contribution in [0.2, 0.25) is 5.02 Å². The number of nitrogens with zero attached hydrogens (tertiary/aromatic N) is 2. The van der Waals surface area contributed by atoms with E-state index >= 15 is 0 Å². The molecule has 0 aromatic heterocycles. The van der Waals surface area contributed by atoms with Crippen LogP contribution in [-0.4, -0.2) is 40.9 Å². The average Bonchev–Trinajstić information content (AvgIpc) is 2.94. The summed E-state index contributed by atoms with van der Waals surface area (Å²) < 4.78 is 0. The maximum absolute atomic E-state index is 13.4. The van der Waals surface area contributed by atoms with Crippen molar-refractivity contribution in [3.05, 3.63) is 107 Å². The molecule has 1 atom stereocenters. The fraction of sp³-hybridized carbons (Fsp3) is 0.138. The number of fused-ring (bicyclic) bond motifs is 2. The molecule has 1 heterocycles. The Labute approximate surface area is 214 Å². The maximum Gasteiger partial charge on any atom is 0.300 e. The quantitative estimate of drug-likeness (QED) is 0.376. The van der Waals surface area contributed by atoms with Gasteiger partial charge in [-0.15, -0.1) is 0 Å². The fourth-order valence-electron chi connectivity index (χ4n) is 4.18. The Kier molecular flexibility index (Phi) is 7.36. The Bertz CT molecular complexity index is 1460. The molecule has 0 spiro atoms. The number of hydrogen-bond donors (Lipinski definition) is 2. The van der Waals surface area contributed by atoms with Crippen LogP contribution in [0.1, 0.15) is 23.6 Å². The monoisotopic (exact) mass is 500 g/mol. The van der Waals surface area contributed by atoms with Crippen LogP contribution in [-0.2, 0) is 16.0 Å². The number of rotatable bonds is 3. The van der Waals surface area contributed by atoms with Crippen LogP contribution in [0.3, 0.4) is 0 Å². The van der Waals surface area contributed by atoms with Gasteiger partial charge in [0.15, 0.2) is 0 Å². The molecule has 0 saturated heterocycles. The molecule has 4 aromatic rings. The van der Waals surface area contributed by atoms with E-state index in [1.54, 1.807) is 30.1 Å². The molecule has 5 rings (SSSR count). The molecule has 1 unspecified atom stereocenters. The van der Waals surface area contributed by atoms with Gasteiger partial charge in [-0.1, -0.05) is 54.1 Å². The van der Waals surface area contributed by atoms with Gasteiger partial charge in [0.25, 0.3) is 11.9 Å². The molecule has 0 radical (unpaired) electrons. The lowest BCUT2D eigenvalue weighted by Crippen LogP contribution is -2.36. The van der Waals surface area contributed by atoms with Crippen molar-refractivity contribution in [1.29, 1.82) is 0 Å². The first-order chi connectivity index (χ1) is 17.2. The van der Waals surface area contributed by atoms with E-state index in [0.717, 1.165) is 40.1 Å². The predicted octanol–water partition coefficient (Wildman–Crippen LogP) is 5.71. The molecule has 182 valence electrons. The Morgan fingerprint density at radius 1 is 0.972 bits per heavy atom. The first kappa shape index (κ1) is 24.9. The summed E-state index contributed by atoms with van der Waals surface area (Å²) >= 11 is 6.32. The van der Waals surface area contributed by atoms with Gasteiger partial charge in [0.05, 0.1) is 11.4 Å². The van der Waals surface area contributed by atoms with E-state index in [-0.39, 0.29) is 11.7 Å². The van der Waals surface area contributed by atoms with Crippen molar-refractivity contribution >= 4 is 45.6 Å². The summed E-state index contributed by atoms with van der Waals surface area (Å²) in [5.41, 5.74) is 4.10. The van der Waals surface area contributed by atoms with E-state index in [2.05, 4.69) is 30.3 Å². The van der Waals surface area contributed by atoms with Crippen molar-refractivity contribution in [3.8, 4) is 5.75 Å². The number of hydrogen-bond acceptors (Lipinski definition) is 4. The van der Waals surface area contributed by atoms with E-state index in [0.29, 0.717) is 17.2 Å². The molecular formula is C29H25ClN2O4. The number of phenolic OH excluding ortho intramolecular Hbond substituents is 1. The fourth-order valence-corrected chi connectivity index (χ4v) is 4.36. The molecule has 4 aromatic carbocycles. The third-order valence-corrected chi connectivity index (χ3v) is 6.09. The third-order valence-electron chi connectivity index (χ3n) is 5.86. The molecule has 2 N–H and O–H groups in total. The van der Waals surface area contributed by atoms with Crippen LogP contribution < -0.4 is 4.90 Å². The number of carbonyl (C=O) groups is 2. The lowest BCUT2D eigenvalue weighted by molar-refractivity contribution is -0.134. The zero-order valence-corrected chi connectivity index (χ0v) is 20.6. The van der Waals surface area contributed by atoms with Gasteiger partial charge in [-0.05, 0) is 58.8 Å². The van der Waals surface area contributed by atoms with E-state index in [9.17, 15) is 9.90 Å². The Hall–Kier alpha value is -4.16.